The molecule has 0 spiro atoms. The summed E-state index contributed by atoms with van der Waals surface area (Å²) >= 11 is 0. The Bertz CT molecular complexity index is 234. The molecular weight excluding hydrogens is 207 g/mol. The van der Waals surface area contributed by atoms with Gasteiger partial charge in [-0.2, -0.15) is 12.7 Å². The van der Waals surface area contributed by atoms with Crippen LogP contribution in [0.15, 0.2) is 0 Å². The van der Waals surface area contributed by atoms with Gasteiger partial charge in [0, 0.05) is 13.1 Å². The quantitative estimate of drug-likeness (QED) is 0.659. The zero-order valence-corrected chi connectivity index (χ0v) is 8.07. The predicted molar refractivity (Wildman–Crippen MR) is 46.0 cm³/mol. The SMILES string of the molecule is Cl.NCC1CCN(S(=O)(=O)F)C1. The van der Waals surface area contributed by atoms with Crippen LogP contribution in [0.3, 0.4) is 0 Å². The molecule has 0 aromatic carbocycles. The van der Waals surface area contributed by atoms with Crippen LogP contribution in [0.1, 0.15) is 6.42 Å². The fourth-order valence-corrected chi connectivity index (χ4v) is 1.90. The van der Waals surface area contributed by atoms with Crippen LogP contribution in [0.5, 0.6) is 0 Å². The van der Waals surface area contributed by atoms with E-state index >= 15 is 0 Å². The number of nitrogens with zero attached hydrogens (tertiary/aromatic N) is 1. The summed E-state index contributed by atoms with van der Waals surface area (Å²) < 4.78 is 33.7. The van der Waals surface area contributed by atoms with Gasteiger partial charge in [0.25, 0.3) is 0 Å². The molecule has 0 aliphatic carbocycles. The summed E-state index contributed by atoms with van der Waals surface area (Å²) in [5.74, 6) is 0.125. The van der Waals surface area contributed by atoms with Crippen LogP contribution in [-0.4, -0.2) is 32.4 Å². The van der Waals surface area contributed by atoms with Crippen molar-refractivity contribution < 1.29 is 12.3 Å². The van der Waals surface area contributed by atoms with Crippen molar-refractivity contribution in [2.45, 2.75) is 6.42 Å². The highest BCUT2D eigenvalue weighted by Crippen LogP contribution is 2.18. The van der Waals surface area contributed by atoms with Gasteiger partial charge in [0.15, 0.2) is 0 Å². The van der Waals surface area contributed by atoms with Crippen molar-refractivity contribution in [2.24, 2.45) is 11.7 Å². The summed E-state index contributed by atoms with van der Waals surface area (Å²) in [4.78, 5) is 0. The summed E-state index contributed by atoms with van der Waals surface area (Å²) in [6, 6.07) is 0. The Morgan fingerprint density at radius 1 is 1.58 bits per heavy atom. The predicted octanol–water partition coefficient (Wildman–Crippen LogP) is -0.0969. The van der Waals surface area contributed by atoms with E-state index in [1.807, 2.05) is 0 Å². The maximum Gasteiger partial charge on any atom is 0.374 e. The van der Waals surface area contributed by atoms with Crippen LogP contribution in [0, 0.1) is 5.92 Å². The van der Waals surface area contributed by atoms with E-state index in [1.54, 1.807) is 0 Å². The van der Waals surface area contributed by atoms with E-state index in [0.29, 0.717) is 13.0 Å². The lowest BCUT2D eigenvalue weighted by Gasteiger charge is -2.08. The molecule has 0 saturated carbocycles. The molecule has 1 rings (SSSR count). The second-order valence-corrected chi connectivity index (χ2v) is 4.03. The van der Waals surface area contributed by atoms with Gasteiger partial charge in [0.2, 0.25) is 0 Å². The van der Waals surface area contributed by atoms with Crippen molar-refractivity contribution in [1.82, 2.24) is 4.31 Å². The fourth-order valence-electron chi connectivity index (χ4n) is 1.19. The van der Waals surface area contributed by atoms with E-state index in [2.05, 4.69) is 0 Å². The number of hydrogen-bond acceptors (Lipinski definition) is 3. The summed E-state index contributed by atoms with van der Waals surface area (Å²) in [5.41, 5.74) is 5.30. The lowest BCUT2D eigenvalue weighted by molar-refractivity contribution is 0.425. The fraction of sp³-hybridized carbons (Fsp3) is 1.00. The summed E-state index contributed by atoms with van der Waals surface area (Å²) in [6.45, 7) is 0.919. The highest BCUT2D eigenvalue weighted by Gasteiger charge is 2.29. The standard InChI is InChI=1S/C5H11FN2O2S.ClH/c6-11(9,10)8-2-1-5(3-7)4-8;/h5H,1-4,7H2;1H. The van der Waals surface area contributed by atoms with Crippen LogP contribution < -0.4 is 5.73 Å². The average Bonchev–Trinajstić information content (AvgIpc) is 2.32. The second-order valence-electron chi connectivity index (χ2n) is 2.69. The number of hydrogen-bond donors (Lipinski definition) is 1. The van der Waals surface area contributed by atoms with Gasteiger partial charge in [-0.25, -0.2) is 0 Å². The van der Waals surface area contributed by atoms with Crippen molar-refractivity contribution in [3.05, 3.63) is 0 Å². The largest absolute Gasteiger partial charge is 0.374 e. The molecule has 0 aromatic heterocycles. The molecule has 74 valence electrons. The Hall–Kier alpha value is 0.0900. The van der Waals surface area contributed by atoms with Crippen molar-refractivity contribution >= 4 is 22.8 Å². The molecule has 1 atom stereocenters. The smallest absolute Gasteiger partial charge is 0.330 e. The minimum absolute atomic E-state index is 0. The topological polar surface area (TPSA) is 63.4 Å². The van der Waals surface area contributed by atoms with Crippen molar-refractivity contribution in [3.8, 4) is 0 Å². The van der Waals surface area contributed by atoms with Gasteiger partial charge in [0.1, 0.15) is 0 Å². The van der Waals surface area contributed by atoms with Gasteiger partial charge in [-0.15, -0.1) is 12.4 Å². The molecule has 7 heteroatoms. The summed E-state index contributed by atoms with van der Waals surface area (Å²) in [6.07, 6.45) is 0.666. The Labute approximate surface area is 77.7 Å². The maximum atomic E-state index is 12.3. The molecule has 0 radical (unpaired) electrons. The lowest BCUT2D eigenvalue weighted by Crippen LogP contribution is -2.26. The van der Waals surface area contributed by atoms with Crippen molar-refractivity contribution in [3.63, 3.8) is 0 Å². The highest BCUT2D eigenvalue weighted by atomic mass is 35.5. The monoisotopic (exact) mass is 218 g/mol. The Balaban J connectivity index is 0.00000121. The Morgan fingerprint density at radius 2 is 2.17 bits per heavy atom. The maximum absolute atomic E-state index is 12.3. The van der Waals surface area contributed by atoms with Gasteiger partial charge in [-0.1, -0.05) is 3.89 Å². The van der Waals surface area contributed by atoms with E-state index in [0.717, 1.165) is 4.31 Å². The van der Waals surface area contributed by atoms with Gasteiger partial charge in [0.05, 0.1) is 0 Å². The van der Waals surface area contributed by atoms with Gasteiger partial charge in [-0.05, 0) is 18.9 Å². The van der Waals surface area contributed by atoms with E-state index < -0.39 is 10.4 Å². The third kappa shape index (κ3) is 2.85. The minimum Gasteiger partial charge on any atom is -0.330 e. The molecular formula is C5H12ClFN2O2S. The van der Waals surface area contributed by atoms with Crippen molar-refractivity contribution in [1.29, 1.82) is 0 Å². The van der Waals surface area contributed by atoms with Gasteiger partial charge >= 0.3 is 10.4 Å². The van der Waals surface area contributed by atoms with E-state index in [4.69, 9.17) is 5.73 Å². The van der Waals surface area contributed by atoms with Gasteiger partial charge < -0.3 is 5.73 Å². The first-order valence-corrected chi connectivity index (χ1v) is 4.78. The number of halogens is 2. The van der Waals surface area contributed by atoms with Crippen LogP contribution in [-0.2, 0) is 10.4 Å². The van der Waals surface area contributed by atoms with Gasteiger partial charge in [-0.3, -0.25) is 0 Å². The zero-order valence-electron chi connectivity index (χ0n) is 6.44. The van der Waals surface area contributed by atoms with Crippen LogP contribution >= 0.6 is 12.4 Å². The molecule has 1 saturated heterocycles. The first kappa shape index (κ1) is 12.1. The third-order valence-electron chi connectivity index (χ3n) is 1.89. The van der Waals surface area contributed by atoms with Crippen LogP contribution in [0.2, 0.25) is 0 Å². The molecule has 1 aliphatic rings. The molecule has 1 heterocycles. The minimum atomic E-state index is -4.47. The molecule has 0 bridgehead atoms. The molecule has 4 nitrogen and oxygen atoms in total. The molecule has 1 unspecified atom stereocenters. The number of rotatable bonds is 2. The Morgan fingerprint density at radius 3 is 2.42 bits per heavy atom. The third-order valence-corrected chi connectivity index (χ3v) is 2.84. The Kier molecular flexibility index (Phi) is 4.39. The molecule has 1 fully saturated rings. The van der Waals surface area contributed by atoms with E-state index in [1.165, 1.54) is 0 Å². The normalized spacial score (nSPS) is 25.3. The second kappa shape index (κ2) is 4.36. The molecule has 1 aliphatic heterocycles. The zero-order chi connectivity index (χ0) is 8.48. The molecule has 12 heavy (non-hydrogen) atoms. The molecule has 2 N–H and O–H groups in total. The highest BCUT2D eigenvalue weighted by molar-refractivity contribution is 7.83. The van der Waals surface area contributed by atoms with Crippen molar-refractivity contribution in [2.75, 3.05) is 19.6 Å². The van der Waals surface area contributed by atoms with E-state index in [9.17, 15) is 12.3 Å². The molecule has 0 aromatic rings. The van der Waals surface area contributed by atoms with Crippen LogP contribution in [0.25, 0.3) is 0 Å². The summed E-state index contributed by atoms with van der Waals surface area (Å²) in [5, 5.41) is 0. The van der Waals surface area contributed by atoms with Crippen LogP contribution in [0.4, 0.5) is 3.89 Å². The molecule has 0 amide bonds. The average molecular weight is 219 g/mol. The first-order valence-electron chi connectivity index (χ1n) is 3.44. The number of nitrogens with two attached hydrogens (primary N) is 1. The summed E-state index contributed by atoms with van der Waals surface area (Å²) in [7, 11) is -4.47. The lowest BCUT2D eigenvalue weighted by atomic mass is 10.1. The van der Waals surface area contributed by atoms with E-state index in [-0.39, 0.29) is 31.4 Å². The first-order chi connectivity index (χ1) is 5.04.